The van der Waals surface area contributed by atoms with Gasteiger partial charge < -0.3 is 10.0 Å². The third kappa shape index (κ3) is 4.57. The standard InChI is InChI=1S/C28H26F8N2O5S/c29-24(23(40)41)10-8-16(9-11-24)22(39)38-14-12-25(44(42,43)21-3-1-2-13-37-21)19-6-5-18(15-17(19)4-7-20(25)38)26(30,27(31,32)33)28(34,35)36/h1-3,5-6,13,15-16,20H,4,7-12,14H2,(H,40,41)/t16-,20?,24+,25?. The first kappa shape index (κ1) is 32.1. The van der Waals surface area contributed by atoms with Gasteiger partial charge >= 0.3 is 24.0 Å². The van der Waals surface area contributed by atoms with Crippen LogP contribution >= 0.6 is 0 Å². The van der Waals surface area contributed by atoms with Gasteiger partial charge in [-0.3, -0.25) is 4.79 Å². The largest absolute Gasteiger partial charge is 0.479 e. The molecule has 2 heterocycles. The monoisotopic (exact) mass is 654 g/mol. The number of hydrogen-bond acceptors (Lipinski definition) is 5. The Bertz CT molecular complexity index is 1560. The van der Waals surface area contributed by atoms with Crippen molar-refractivity contribution in [3.8, 4) is 0 Å². The third-order valence-corrected chi connectivity index (χ3v) is 11.7. The summed E-state index contributed by atoms with van der Waals surface area (Å²) in [7, 11) is -4.59. The molecule has 2 atom stereocenters. The number of alkyl halides is 8. The number of pyridine rings is 1. The number of sulfone groups is 1. The molecular formula is C28H26F8N2O5S. The Morgan fingerprint density at radius 3 is 2.11 bits per heavy atom. The Balaban J connectivity index is 1.61. The van der Waals surface area contributed by atoms with Gasteiger partial charge in [0.15, 0.2) is 5.03 Å². The highest BCUT2D eigenvalue weighted by Crippen LogP contribution is 2.57. The van der Waals surface area contributed by atoms with Gasteiger partial charge in [0.1, 0.15) is 4.75 Å². The lowest BCUT2D eigenvalue weighted by molar-refractivity contribution is -0.348. The number of aromatic nitrogens is 1. The third-order valence-electron chi connectivity index (χ3n) is 9.25. The van der Waals surface area contributed by atoms with Crippen LogP contribution < -0.4 is 0 Å². The van der Waals surface area contributed by atoms with E-state index in [4.69, 9.17) is 0 Å². The Hall–Kier alpha value is -3.30. The number of rotatable bonds is 5. The second-order valence-electron chi connectivity index (χ2n) is 11.5. The minimum atomic E-state index is -6.37. The van der Waals surface area contributed by atoms with Gasteiger partial charge in [0, 0.05) is 24.2 Å². The molecule has 2 aliphatic carbocycles. The summed E-state index contributed by atoms with van der Waals surface area (Å²) in [6, 6.07) is 4.24. The number of aryl methyl sites for hydroxylation is 1. The van der Waals surface area contributed by atoms with Gasteiger partial charge in [0.2, 0.25) is 21.4 Å². The van der Waals surface area contributed by atoms with Crippen molar-refractivity contribution in [1.29, 1.82) is 0 Å². The van der Waals surface area contributed by atoms with Crippen molar-refractivity contribution in [2.75, 3.05) is 6.54 Å². The molecule has 1 aliphatic heterocycles. The second kappa shape index (κ2) is 10.4. The van der Waals surface area contributed by atoms with Crippen molar-refractivity contribution < 1.29 is 58.2 Å². The molecular weight excluding hydrogens is 628 g/mol. The van der Waals surface area contributed by atoms with Crippen LogP contribution in [0.25, 0.3) is 0 Å². The number of carbonyl (C=O) groups is 2. The number of halogens is 8. The predicted octanol–water partition coefficient (Wildman–Crippen LogP) is 5.57. The van der Waals surface area contributed by atoms with Crippen LogP contribution in [-0.4, -0.2) is 65.9 Å². The van der Waals surface area contributed by atoms with Crippen LogP contribution in [0.5, 0.6) is 0 Å². The van der Waals surface area contributed by atoms with E-state index in [9.17, 15) is 58.2 Å². The van der Waals surface area contributed by atoms with Crippen LogP contribution in [-0.2, 0) is 36.3 Å². The number of nitrogens with zero attached hydrogens (tertiary/aromatic N) is 2. The van der Waals surface area contributed by atoms with Gasteiger partial charge in [-0.1, -0.05) is 24.3 Å². The summed E-state index contributed by atoms with van der Waals surface area (Å²) in [5.74, 6) is -3.04. The van der Waals surface area contributed by atoms with Crippen molar-refractivity contribution in [2.24, 2.45) is 5.92 Å². The summed E-state index contributed by atoms with van der Waals surface area (Å²) in [5.41, 5.74) is -10.4. The first-order valence-corrected chi connectivity index (χ1v) is 15.1. The number of carboxylic acids is 1. The van der Waals surface area contributed by atoms with E-state index in [1.165, 1.54) is 29.3 Å². The molecule has 2 fully saturated rings. The van der Waals surface area contributed by atoms with Crippen LogP contribution in [0.4, 0.5) is 35.1 Å². The van der Waals surface area contributed by atoms with E-state index in [0.29, 0.717) is 6.07 Å². The number of likely N-dealkylation sites (tertiary alicyclic amines) is 1. The smallest absolute Gasteiger partial charge is 0.435 e. The average molecular weight is 655 g/mol. The average Bonchev–Trinajstić information content (AvgIpc) is 3.37. The highest BCUT2D eigenvalue weighted by Gasteiger charge is 2.74. The van der Waals surface area contributed by atoms with Crippen molar-refractivity contribution in [2.45, 2.75) is 84.5 Å². The number of amides is 1. The number of benzene rings is 1. The molecule has 1 amide bonds. The fraction of sp³-hybridized carbons (Fsp3) is 0.536. The molecule has 5 rings (SSSR count). The van der Waals surface area contributed by atoms with E-state index in [1.54, 1.807) is 0 Å². The van der Waals surface area contributed by atoms with E-state index in [1.807, 2.05) is 0 Å². The lowest BCUT2D eigenvalue weighted by atomic mass is 9.76. The van der Waals surface area contributed by atoms with Gasteiger partial charge in [-0.05, 0) is 68.2 Å². The van der Waals surface area contributed by atoms with Crippen LogP contribution in [0, 0.1) is 5.92 Å². The molecule has 1 N–H and O–H groups in total. The minimum Gasteiger partial charge on any atom is -0.479 e. The van der Waals surface area contributed by atoms with Crippen LogP contribution in [0.3, 0.4) is 0 Å². The van der Waals surface area contributed by atoms with Crippen LogP contribution in [0.1, 0.15) is 55.2 Å². The Morgan fingerprint density at radius 1 is 0.932 bits per heavy atom. The fourth-order valence-electron chi connectivity index (χ4n) is 6.96. The number of hydrogen-bond donors (Lipinski definition) is 1. The molecule has 0 radical (unpaired) electrons. The van der Waals surface area contributed by atoms with Crippen molar-refractivity contribution >= 4 is 21.7 Å². The Kier molecular flexibility index (Phi) is 7.57. The molecule has 1 saturated carbocycles. The molecule has 0 bridgehead atoms. The van der Waals surface area contributed by atoms with Crippen LogP contribution in [0.15, 0.2) is 47.6 Å². The maximum atomic E-state index is 15.0. The summed E-state index contributed by atoms with van der Waals surface area (Å²) >= 11 is 0. The highest BCUT2D eigenvalue weighted by atomic mass is 32.2. The maximum Gasteiger partial charge on any atom is 0.435 e. The summed E-state index contributed by atoms with van der Waals surface area (Å²) in [6.07, 6.45) is -13.5. The van der Waals surface area contributed by atoms with Crippen molar-refractivity contribution in [3.05, 3.63) is 59.3 Å². The zero-order valence-electron chi connectivity index (χ0n) is 22.8. The van der Waals surface area contributed by atoms with E-state index in [2.05, 4.69) is 4.98 Å². The Labute approximate surface area is 246 Å². The van der Waals surface area contributed by atoms with Gasteiger partial charge in [-0.25, -0.2) is 27.0 Å². The normalized spacial score (nSPS) is 27.9. The molecule has 2 aromatic rings. The van der Waals surface area contributed by atoms with Crippen LogP contribution in [0.2, 0.25) is 0 Å². The number of fused-ring (bicyclic) bond motifs is 3. The maximum absolute atomic E-state index is 15.0. The van der Waals surface area contributed by atoms with Gasteiger partial charge in [-0.15, -0.1) is 0 Å². The quantitative estimate of drug-likeness (QED) is 0.423. The van der Waals surface area contributed by atoms with Crippen molar-refractivity contribution in [1.82, 2.24) is 9.88 Å². The predicted molar refractivity (Wildman–Crippen MR) is 136 cm³/mol. The first-order chi connectivity index (χ1) is 20.3. The van der Waals surface area contributed by atoms with E-state index < -0.39 is 85.5 Å². The zero-order chi connectivity index (χ0) is 32.5. The molecule has 1 aromatic carbocycles. The topological polar surface area (TPSA) is 105 Å². The number of carbonyl (C=O) groups excluding carboxylic acids is 1. The summed E-state index contributed by atoms with van der Waals surface area (Å²) in [5, 5.41) is 8.74. The highest BCUT2D eigenvalue weighted by molar-refractivity contribution is 7.92. The number of aliphatic carboxylic acids is 1. The lowest BCUT2D eigenvalue weighted by Crippen LogP contribution is -2.54. The minimum absolute atomic E-state index is 0.127. The van der Waals surface area contributed by atoms with Gasteiger partial charge in [-0.2, -0.15) is 26.3 Å². The summed E-state index contributed by atoms with van der Waals surface area (Å²) < 4.78 is 137. The number of carboxylic acid groups (broad SMARTS) is 1. The molecule has 7 nitrogen and oxygen atoms in total. The first-order valence-electron chi connectivity index (χ1n) is 13.7. The second-order valence-corrected chi connectivity index (χ2v) is 13.6. The molecule has 1 aromatic heterocycles. The molecule has 3 aliphatic rings. The van der Waals surface area contributed by atoms with Gasteiger partial charge in [0.05, 0.1) is 6.04 Å². The SMILES string of the molecule is O=C([C@H]1CC[C@](F)(C(=O)O)CC1)N1CCC2(S(=O)(=O)c3ccccn3)c3ccc(C(F)(C(F)(F)F)C(F)(F)F)cc3CCC12. The van der Waals surface area contributed by atoms with E-state index in [-0.39, 0.29) is 55.8 Å². The van der Waals surface area contributed by atoms with E-state index >= 15 is 0 Å². The molecule has 44 heavy (non-hydrogen) atoms. The molecule has 240 valence electrons. The van der Waals surface area contributed by atoms with Gasteiger partial charge in [0.25, 0.3) is 0 Å². The molecule has 2 unspecified atom stereocenters. The zero-order valence-corrected chi connectivity index (χ0v) is 23.6. The summed E-state index contributed by atoms with van der Waals surface area (Å²) in [6.45, 7) is -0.175. The van der Waals surface area contributed by atoms with E-state index in [0.717, 1.165) is 6.07 Å². The molecule has 0 spiro atoms. The molecule has 1 saturated heterocycles. The molecule has 16 heteroatoms. The Morgan fingerprint density at radius 2 is 1.57 bits per heavy atom. The fourth-order valence-corrected chi connectivity index (χ4v) is 9.24. The van der Waals surface area contributed by atoms with Crippen molar-refractivity contribution in [3.63, 3.8) is 0 Å². The summed E-state index contributed by atoms with van der Waals surface area (Å²) in [4.78, 5) is 30.2. The lowest BCUT2D eigenvalue weighted by Gasteiger charge is -2.43.